The van der Waals surface area contributed by atoms with Gasteiger partial charge in [0.15, 0.2) is 8.32 Å². The quantitative estimate of drug-likeness (QED) is 0.760. The lowest BCUT2D eigenvalue weighted by atomic mass is 9.98. The summed E-state index contributed by atoms with van der Waals surface area (Å²) in [5.41, 5.74) is 2.98. The van der Waals surface area contributed by atoms with Crippen LogP contribution in [-0.2, 0) is 4.43 Å². The molecule has 1 heterocycles. The van der Waals surface area contributed by atoms with Crippen LogP contribution < -0.4 is 0 Å². The third-order valence-corrected chi connectivity index (χ3v) is 9.39. The van der Waals surface area contributed by atoms with E-state index in [9.17, 15) is 5.11 Å². The van der Waals surface area contributed by atoms with Gasteiger partial charge in [0.05, 0.1) is 0 Å². The number of pyridine rings is 1. The fourth-order valence-electron chi connectivity index (χ4n) is 2.39. The molecule has 0 bridgehead atoms. The highest BCUT2D eigenvalue weighted by Gasteiger charge is 2.41. The first-order chi connectivity index (χ1) is 11.1. The van der Waals surface area contributed by atoms with Gasteiger partial charge >= 0.3 is 0 Å². The lowest BCUT2D eigenvalue weighted by Crippen LogP contribution is -2.42. The summed E-state index contributed by atoms with van der Waals surface area (Å²) in [7, 11) is -2.04. The van der Waals surface area contributed by atoms with Crippen LogP contribution in [0, 0.1) is 6.92 Å². The maximum Gasteiger partial charge on any atom is 0.193 e. The maximum atomic E-state index is 11.1. The first-order valence-electron chi connectivity index (χ1n) is 8.44. The van der Waals surface area contributed by atoms with Crippen molar-refractivity contribution >= 4 is 8.32 Å². The monoisotopic (exact) mass is 343 g/mol. The Morgan fingerprint density at radius 3 is 2.21 bits per heavy atom. The molecule has 2 atom stereocenters. The summed E-state index contributed by atoms with van der Waals surface area (Å²) in [6.45, 7) is 13.1. The molecule has 2 rings (SSSR count). The molecule has 0 spiro atoms. The average molecular weight is 344 g/mol. The normalized spacial score (nSPS) is 15.1. The third-order valence-electron chi connectivity index (χ3n) is 4.93. The Morgan fingerprint density at radius 2 is 1.67 bits per heavy atom. The van der Waals surface area contributed by atoms with E-state index in [1.807, 2.05) is 43.3 Å². The van der Waals surface area contributed by atoms with Gasteiger partial charge in [-0.25, -0.2) is 0 Å². The molecule has 2 unspecified atom stereocenters. The van der Waals surface area contributed by atoms with Crippen LogP contribution in [-0.4, -0.2) is 18.4 Å². The molecule has 0 fully saturated rings. The molecule has 4 heteroatoms. The van der Waals surface area contributed by atoms with E-state index in [1.54, 1.807) is 12.4 Å². The SMILES string of the molecule is Cc1cccc(C(O)C(O[Si](C)(C)C(C)(C)C)c2ccncc2)c1. The molecule has 130 valence electrons. The van der Waals surface area contributed by atoms with Crippen LogP contribution in [0.25, 0.3) is 0 Å². The Labute approximate surface area is 146 Å². The number of aliphatic hydroxyl groups excluding tert-OH is 1. The molecule has 1 aromatic heterocycles. The highest BCUT2D eigenvalue weighted by Crippen LogP contribution is 2.43. The van der Waals surface area contributed by atoms with Crippen molar-refractivity contribution in [2.75, 3.05) is 0 Å². The zero-order valence-corrected chi connectivity index (χ0v) is 16.6. The Hall–Kier alpha value is -1.49. The van der Waals surface area contributed by atoms with Gasteiger partial charge in [0, 0.05) is 12.4 Å². The van der Waals surface area contributed by atoms with E-state index in [1.165, 1.54) is 0 Å². The number of hydrogen-bond donors (Lipinski definition) is 1. The van der Waals surface area contributed by atoms with Crippen molar-refractivity contribution in [3.8, 4) is 0 Å². The minimum Gasteiger partial charge on any atom is -0.407 e. The Morgan fingerprint density at radius 1 is 1.04 bits per heavy atom. The predicted octanol–water partition coefficient (Wildman–Crippen LogP) is 5.19. The lowest BCUT2D eigenvalue weighted by Gasteiger charge is -2.40. The molecule has 1 aromatic carbocycles. The van der Waals surface area contributed by atoms with Crippen molar-refractivity contribution in [3.63, 3.8) is 0 Å². The zero-order chi connectivity index (χ0) is 18.0. The molecule has 0 radical (unpaired) electrons. The van der Waals surface area contributed by atoms with Gasteiger partial charge in [-0.1, -0.05) is 50.6 Å². The second kappa shape index (κ2) is 7.17. The van der Waals surface area contributed by atoms with Gasteiger partial charge < -0.3 is 9.53 Å². The summed E-state index contributed by atoms with van der Waals surface area (Å²) >= 11 is 0. The van der Waals surface area contributed by atoms with Gasteiger partial charge in [0.25, 0.3) is 0 Å². The summed E-state index contributed by atoms with van der Waals surface area (Å²) < 4.78 is 6.61. The number of hydrogen-bond acceptors (Lipinski definition) is 3. The third kappa shape index (κ3) is 4.32. The number of rotatable bonds is 5. The molecular formula is C20H29NO2Si. The highest BCUT2D eigenvalue weighted by atomic mass is 28.4. The highest BCUT2D eigenvalue weighted by molar-refractivity contribution is 6.74. The fraction of sp³-hybridized carbons (Fsp3) is 0.450. The van der Waals surface area contributed by atoms with E-state index in [0.717, 1.165) is 16.7 Å². The molecule has 0 aliphatic carbocycles. The van der Waals surface area contributed by atoms with Gasteiger partial charge in [-0.3, -0.25) is 4.98 Å². The van der Waals surface area contributed by atoms with E-state index in [0.29, 0.717) is 0 Å². The van der Waals surface area contributed by atoms with Crippen molar-refractivity contribution in [1.29, 1.82) is 0 Å². The number of aromatic nitrogens is 1. The first-order valence-corrected chi connectivity index (χ1v) is 11.3. The van der Waals surface area contributed by atoms with Crippen LogP contribution in [0.2, 0.25) is 18.1 Å². The number of benzene rings is 1. The summed E-state index contributed by atoms with van der Waals surface area (Å²) in [6.07, 6.45) is 2.40. The summed E-state index contributed by atoms with van der Waals surface area (Å²) in [5.74, 6) is 0. The van der Waals surface area contributed by atoms with Crippen molar-refractivity contribution in [1.82, 2.24) is 4.98 Å². The second-order valence-electron chi connectivity index (χ2n) is 7.94. The molecule has 1 N–H and O–H groups in total. The van der Waals surface area contributed by atoms with E-state index in [4.69, 9.17) is 4.43 Å². The van der Waals surface area contributed by atoms with E-state index >= 15 is 0 Å². The van der Waals surface area contributed by atoms with Gasteiger partial charge in [-0.15, -0.1) is 0 Å². The van der Waals surface area contributed by atoms with Crippen LogP contribution in [0.1, 0.15) is 49.7 Å². The van der Waals surface area contributed by atoms with Crippen LogP contribution in [0.4, 0.5) is 0 Å². The van der Waals surface area contributed by atoms with E-state index in [2.05, 4.69) is 38.8 Å². The summed E-state index contributed by atoms with van der Waals surface area (Å²) in [4.78, 5) is 4.09. The molecular weight excluding hydrogens is 314 g/mol. The van der Waals surface area contributed by atoms with Gasteiger partial charge in [-0.2, -0.15) is 0 Å². The zero-order valence-electron chi connectivity index (χ0n) is 15.6. The molecule has 0 amide bonds. The Bertz CT molecular complexity index is 665. The molecule has 0 aliphatic rings. The summed E-state index contributed by atoms with van der Waals surface area (Å²) in [5, 5.41) is 11.1. The van der Waals surface area contributed by atoms with Crippen LogP contribution >= 0.6 is 0 Å². The second-order valence-corrected chi connectivity index (χ2v) is 12.7. The topological polar surface area (TPSA) is 42.4 Å². The maximum absolute atomic E-state index is 11.1. The molecule has 3 nitrogen and oxygen atoms in total. The van der Waals surface area contributed by atoms with Crippen LogP contribution in [0.15, 0.2) is 48.8 Å². The first kappa shape index (κ1) is 18.8. The van der Waals surface area contributed by atoms with Crippen molar-refractivity contribution in [2.45, 2.75) is 58.0 Å². The minimum atomic E-state index is -2.04. The molecule has 0 aliphatic heterocycles. The molecule has 0 saturated heterocycles. The van der Waals surface area contributed by atoms with Crippen molar-refractivity contribution in [3.05, 3.63) is 65.5 Å². The van der Waals surface area contributed by atoms with Crippen molar-refractivity contribution < 1.29 is 9.53 Å². The van der Waals surface area contributed by atoms with Crippen molar-refractivity contribution in [2.24, 2.45) is 0 Å². The van der Waals surface area contributed by atoms with Crippen LogP contribution in [0.5, 0.6) is 0 Å². The van der Waals surface area contributed by atoms with Gasteiger partial charge in [0.2, 0.25) is 0 Å². The summed E-state index contributed by atoms with van der Waals surface area (Å²) in [6, 6.07) is 11.8. The van der Waals surface area contributed by atoms with E-state index in [-0.39, 0.29) is 5.04 Å². The van der Waals surface area contributed by atoms with Gasteiger partial charge in [0.1, 0.15) is 12.2 Å². The van der Waals surface area contributed by atoms with Gasteiger partial charge in [-0.05, 0) is 48.3 Å². The largest absolute Gasteiger partial charge is 0.407 e. The average Bonchev–Trinajstić information content (AvgIpc) is 2.52. The lowest BCUT2D eigenvalue weighted by molar-refractivity contribution is 0.0252. The number of aryl methyl sites for hydroxylation is 1. The van der Waals surface area contributed by atoms with Crippen LogP contribution in [0.3, 0.4) is 0 Å². The number of nitrogens with zero attached hydrogens (tertiary/aromatic N) is 1. The molecule has 2 aromatic rings. The number of aliphatic hydroxyl groups is 1. The Balaban J connectivity index is 2.40. The predicted molar refractivity (Wildman–Crippen MR) is 101 cm³/mol. The Kier molecular flexibility index (Phi) is 5.63. The van der Waals surface area contributed by atoms with E-state index < -0.39 is 20.5 Å². The standard InChI is InChI=1S/C20H29NO2Si/c1-15-8-7-9-17(14-15)18(22)19(16-10-12-21-13-11-16)23-24(5,6)20(2,3)4/h7-14,18-19,22H,1-6H3. The smallest absolute Gasteiger partial charge is 0.193 e. The minimum absolute atomic E-state index is 0.0740. The molecule has 24 heavy (non-hydrogen) atoms. The fourth-order valence-corrected chi connectivity index (χ4v) is 3.64. The molecule has 0 saturated carbocycles.